The minimum Gasteiger partial charge on any atom is -0.471 e. The summed E-state index contributed by atoms with van der Waals surface area (Å²) in [7, 11) is 0. The van der Waals surface area contributed by atoms with Crippen LogP contribution in [0.15, 0.2) is 48.5 Å². The van der Waals surface area contributed by atoms with Crippen LogP contribution in [0, 0.1) is 0 Å². The van der Waals surface area contributed by atoms with Crippen molar-refractivity contribution in [2.75, 3.05) is 0 Å². The highest BCUT2D eigenvalue weighted by Crippen LogP contribution is 2.35. The number of para-hydroxylation sites is 1. The number of nitrogens with two attached hydrogens (primary N) is 1. The fourth-order valence-corrected chi connectivity index (χ4v) is 2.44. The minimum atomic E-state index is -4.70. The van der Waals surface area contributed by atoms with E-state index in [4.69, 9.17) is 22.7 Å². The highest BCUT2D eigenvalue weighted by atomic mass is 32.1. The van der Waals surface area contributed by atoms with Gasteiger partial charge in [0.05, 0.1) is 5.52 Å². The van der Waals surface area contributed by atoms with Crippen molar-refractivity contribution in [3.05, 3.63) is 65.4 Å². The molecular formula is C17H12F3N3OS. The monoisotopic (exact) mass is 363 g/mol. The van der Waals surface area contributed by atoms with Crippen molar-refractivity contribution in [3.8, 4) is 5.88 Å². The number of fused-ring (bicyclic) bond motifs is 1. The van der Waals surface area contributed by atoms with Crippen molar-refractivity contribution in [1.29, 1.82) is 0 Å². The number of alkyl halides is 3. The van der Waals surface area contributed by atoms with E-state index >= 15 is 0 Å². The fraction of sp³-hybridized carbons (Fsp3) is 0.118. The molecule has 0 atom stereocenters. The highest BCUT2D eigenvalue weighted by molar-refractivity contribution is 7.80. The molecule has 0 amide bonds. The smallest absolute Gasteiger partial charge is 0.438 e. The predicted octanol–water partition coefficient (Wildman–Crippen LogP) is 3.86. The normalized spacial score (nSPS) is 11.5. The average molecular weight is 363 g/mol. The van der Waals surface area contributed by atoms with Gasteiger partial charge in [-0.25, -0.2) is 9.97 Å². The average Bonchev–Trinajstić information content (AvgIpc) is 2.58. The Labute approximate surface area is 146 Å². The van der Waals surface area contributed by atoms with Crippen LogP contribution in [0.4, 0.5) is 13.2 Å². The maximum absolute atomic E-state index is 13.3. The summed E-state index contributed by atoms with van der Waals surface area (Å²) in [6, 6.07) is 13.3. The van der Waals surface area contributed by atoms with Gasteiger partial charge < -0.3 is 10.5 Å². The van der Waals surface area contributed by atoms with Crippen molar-refractivity contribution in [1.82, 2.24) is 9.97 Å². The number of ether oxygens (including phenoxy) is 1. The van der Waals surface area contributed by atoms with Crippen LogP contribution in [0.2, 0.25) is 0 Å². The highest BCUT2D eigenvalue weighted by Gasteiger charge is 2.38. The summed E-state index contributed by atoms with van der Waals surface area (Å²) in [5.41, 5.74) is 5.71. The first kappa shape index (κ1) is 17.1. The summed E-state index contributed by atoms with van der Waals surface area (Å²) in [5, 5.41) is 0. The van der Waals surface area contributed by atoms with Crippen LogP contribution in [0.25, 0.3) is 11.0 Å². The number of halogens is 3. The summed E-state index contributed by atoms with van der Waals surface area (Å²) in [4.78, 5) is 7.70. The number of nitrogens with zero attached hydrogens (tertiary/aromatic N) is 2. The molecule has 0 radical (unpaired) electrons. The molecule has 0 spiro atoms. The second-order valence-electron chi connectivity index (χ2n) is 5.19. The first-order valence-corrected chi connectivity index (χ1v) is 7.61. The molecule has 3 aromatic rings. The Morgan fingerprint density at radius 2 is 1.76 bits per heavy atom. The van der Waals surface area contributed by atoms with Crippen molar-refractivity contribution in [2.24, 2.45) is 5.73 Å². The van der Waals surface area contributed by atoms with E-state index in [1.165, 1.54) is 12.1 Å². The number of thiocarbonyl (C=S) groups is 1. The van der Waals surface area contributed by atoms with Gasteiger partial charge in [0.2, 0.25) is 11.6 Å². The van der Waals surface area contributed by atoms with Gasteiger partial charge in [-0.2, -0.15) is 13.2 Å². The molecule has 0 unspecified atom stereocenters. The van der Waals surface area contributed by atoms with Crippen LogP contribution in [-0.2, 0) is 12.8 Å². The van der Waals surface area contributed by atoms with Gasteiger partial charge in [-0.15, -0.1) is 0 Å². The van der Waals surface area contributed by atoms with Crippen LogP contribution < -0.4 is 10.5 Å². The molecule has 0 fully saturated rings. The van der Waals surface area contributed by atoms with Gasteiger partial charge in [-0.3, -0.25) is 0 Å². The molecule has 1 aromatic heterocycles. The number of benzene rings is 2. The SMILES string of the molecule is NC(=S)c1cccc2nc(C(F)(F)F)c(OCc3ccccc3)nc12. The second kappa shape index (κ2) is 6.64. The van der Waals surface area contributed by atoms with Gasteiger partial charge in [-0.05, 0) is 17.7 Å². The van der Waals surface area contributed by atoms with Gasteiger partial charge in [0.25, 0.3) is 0 Å². The topological polar surface area (TPSA) is 61.0 Å². The van der Waals surface area contributed by atoms with Crippen LogP contribution in [0.3, 0.4) is 0 Å². The molecule has 0 aliphatic carbocycles. The first-order chi connectivity index (χ1) is 11.9. The Morgan fingerprint density at radius 3 is 2.40 bits per heavy atom. The third-order valence-corrected chi connectivity index (χ3v) is 3.64. The zero-order valence-corrected chi connectivity index (χ0v) is 13.6. The van der Waals surface area contributed by atoms with Gasteiger partial charge in [0.1, 0.15) is 17.1 Å². The number of hydrogen-bond donors (Lipinski definition) is 1. The third-order valence-electron chi connectivity index (χ3n) is 3.42. The maximum atomic E-state index is 13.3. The maximum Gasteiger partial charge on any atom is 0.438 e. The summed E-state index contributed by atoms with van der Waals surface area (Å²) in [6.45, 7) is -0.0701. The number of aromatic nitrogens is 2. The molecule has 0 saturated carbocycles. The Kier molecular flexibility index (Phi) is 4.54. The van der Waals surface area contributed by atoms with Crippen molar-refractivity contribution < 1.29 is 17.9 Å². The molecular weight excluding hydrogens is 351 g/mol. The van der Waals surface area contributed by atoms with Crippen molar-refractivity contribution >= 4 is 28.2 Å². The number of hydrogen-bond acceptors (Lipinski definition) is 4. The summed E-state index contributed by atoms with van der Waals surface area (Å²) in [6.07, 6.45) is -4.70. The third kappa shape index (κ3) is 3.69. The zero-order valence-electron chi connectivity index (χ0n) is 12.7. The van der Waals surface area contributed by atoms with Gasteiger partial charge in [-0.1, -0.05) is 48.6 Å². The summed E-state index contributed by atoms with van der Waals surface area (Å²) in [5.74, 6) is -0.604. The molecule has 2 aromatic carbocycles. The van der Waals surface area contributed by atoms with E-state index in [0.717, 1.165) is 0 Å². The predicted molar refractivity (Wildman–Crippen MR) is 91.2 cm³/mol. The Hall–Kier alpha value is -2.74. The molecule has 0 saturated heterocycles. The lowest BCUT2D eigenvalue weighted by molar-refractivity contribution is -0.142. The van der Waals surface area contributed by atoms with Gasteiger partial charge in [0, 0.05) is 5.56 Å². The Morgan fingerprint density at radius 1 is 1.04 bits per heavy atom. The standard InChI is InChI=1S/C17H12F3N3OS/c18-17(19,20)14-16(24-9-10-5-2-1-3-6-10)23-13-11(15(21)25)7-4-8-12(13)22-14/h1-8H,9H2,(H2,21,25). The van der Waals surface area contributed by atoms with Crippen molar-refractivity contribution in [3.63, 3.8) is 0 Å². The van der Waals surface area contributed by atoms with Crippen LogP contribution in [0.1, 0.15) is 16.8 Å². The van der Waals surface area contributed by atoms with Crippen LogP contribution >= 0.6 is 12.2 Å². The quantitative estimate of drug-likeness (QED) is 0.713. The molecule has 0 aliphatic rings. The zero-order chi connectivity index (χ0) is 18.0. The first-order valence-electron chi connectivity index (χ1n) is 7.21. The van der Waals surface area contributed by atoms with E-state index in [-0.39, 0.29) is 22.6 Å². The van der Waals surface area contributed by atoms with Crippen LogP contribution in [0.5, 0.6) is 5.88 Å². The fourth-order valence-electron chi connectivity index (χ4n) is 2.27. The molecule has 128 valence electrons. The molecule has 25 heavy (non-hydrogen) atoms. The lowest BCUT2D eigenvalue weighted by Gasteiger charge is -2.14. The van der Waals surface area contributed by atoms with E-state index in [1.807, 2.05) is 0 Å². The number of rotatable bonds is 4. The lowest BCUT2D eigenvalue weighted by atomic mass is 10.1. The molecule has 0 aliphatic heterocycles. The lowest BCUT2D eigenvalue weighted by Crippen LogP contribution is -2.15. The summed E-state index contributed by atoms with van der Waals surface area (Å²) < 4.78 is 45.3. The van der Waals surface area contributed by atoms with Gasteiger partial charge in [0.15, 0.2) is 0 Å². The van der Waals surface area contributed by atoms with Gasteiger partial charge >= 0.3 is 6.18 Å². The van der Waals surface area contributed by atoms with E-state index in [9.17, 15) is 13.2 Å². The minimum absolute atomic E-state index is 0.0219. The Balaban J connectivity index is 2.10. The Bertz CT molecular complexity index is 930. The molecule has 2 N–H and O–H groups in total. The van der Waals surface area contributed by atoms with Crippen molar-refractivity contribution in [2.45, 2.75) is 12.8 Å². The summed E-state index contributed by atoms with van der Waals surface area (Å²) >= 11 is 4.93. The molecule has 3 rings (SSSR count). The molecule has 1 heterocycles. The van der Waals surface area contributed by atoms with E-state index in [0.29, 0.717) is 11.1 Å². The molecule has 0 bridgehead atoms. The van der Waals surface area contributed by atoms with E-state index in [2.05, 4.69) is 9.97 Å². The van der Waals surface area contributed by atoms with Crippen LogP contribution in [-0.4, -0.2) is 15.0 Å². The second-order valence-corrected chi connectivity index (χ2v) is 5.63. The van der Waals surface area contributed by atoms with E-state index < -0.39 is 17.8 Å². The molecule has 8 heteroatoms. The van der Waals surface area contributed by atoms with E-state index in [1.54, 1.807) is 36.4 Å². The largest absolute Gasteiger partial charge is 0.471 e. The molecule has 4 nitrogen and oxygen atoms in total.